The Labute approximate surface area is 430 Å². The predicted molar refractivity (Wildman–Crippen MR) is 252 cm³/mol. The Hall–Kier alpha value is -7.80. The molecule has 0 radical (unpaired) electrons. The Morgan fingerprint density at radius 2 is 0.800 bits per heavy atom. The zero-order valence-electron chi connectivity index (χ0n) is 37.0. The molecular weight excluding hydrogens is 1240 g/mol. The third-order valence-electron chi connectivity index (χ3n) is 13.1. The fourth-order valence-corrected chi connectivity index (χ4v) is 10.3. The van der Waals surface area contributed by atoms with E-state index in [1.165, 1.54) is 0 Å². The van der Waals surface area contributed by atoms with E-state index < -0.39 is 10.8 Å². The van der Waals surface area contributed by atoms with Crippen LogP contribution in [0.2, 0.25) is 0 Å². The van der Waals surface area contributed by atoms with Crippen LogP contribution in [0.5, 0.6) is 0 Å². The normalized spacial score (nSPS) is 14.8. The SMILES string of the molecule is CN1[CH-]N(c2[c-]c(C3(c4cc[n-]n4)c4ccncc4-c4cnccc43)ccc2)c2nccnc21.CN1[CH-]N(c2[c-]c(C3(c4cc[n-]n4)c4ccncc4-c4cnccc43)ccc2)c2nccnc21.[Pt].[Pt]. The second kappa shape index (κ2) is 17.6. The van der Waals surface area contributed by atoms with Gasteiger partial charge in [0.25, 0.3) is 0 Å². The van der Waals surface area contributed by atoms with Crippen LogP contribution in [0.1, 0.15) is 44.8 Å². The van der Waals surface area contributed by atoms with Crippen molar-refractivity contribution in [2.75, 3.05) is 33.7 Å². The van der Waals surface area contributed by atoms with Crippen LogP contribution in [0.4, 0.5) is 34.6 Å². The van der Waals surface area contributed by atoms with Gasteiger partial charge in [0.05, 0.1) is 10.8 Å². The van der Waals surface area contributed by atoms with E-state index in [9.17, 15) is 0 Å². The first-order valence-corrected chi connectivity index (χ1v) is 21.7. The average molecular weight is 1270 g/mol. The number of benzene rings is 2. The van der Waals surface area contributed by atoms with Gasteiger partial charge in [-0.1, -0.05) is 12.1 Å². The van der Waals surface area contributed by atoms with Crippen molar-refractivity contribution in [1.82, 2.24) is 60.3 Å². The van der Waals surface area contributed by atoms with Crippen molar-refractivity contribution in [3.8, 4) is 22.3 Å². The number of hydrogen-bond acceptors (Lipinski definition) is 14. The summed E-state index contributed by atoms with van der Waals surface area (Å²) in [6, 6.07) is 31.9. The first kappa shape index (κ1) is 44.7. The van der Waals surface area contributed by atoms with E-state index >= 15 is 0 Å². The zero-order valence-corrected chi connectivity index (χ0v) is 41.5. The molecule has 348 valence electrons. The summed E-state index contributed by atoms with van der Waals surface area (Å²) >= 11 is 0. The smallest absolute Gasteiger partial charge is 0.143 e. The molecule has 10 heterocycles. The van der Waals surface area contributed by atoms with E-state index in [0.717, 1.165) is 102 Å². The van der Waals surface area contributed by atoms with Crippen molar-refractivity contribution in [3.63, 3.8) is 0 Å². The standard InChI is InChI=1S/2C26H17N8.2Pt/c2*1-33-16-34(25-24(33)29-11-12-30-25)18-4-2-3-17(13-18)26(23-7-10-31-32-23)21-5-8-27-14-19(21)20-15-28-9-6-22(20)26;;/h2*2-12,14-16H,1H3;;/q2*-3;;. The van der Waals surface area contributed by atoms with Crippen molar-refractivity contribution in [2.45, 2.75) is 10.8 Å². The minimum absolute atomic E-state index is 0. The summed E-state index contributed by atoms with van der Waals surface area (Å²) in [6.45, 7) is 3.94. The van der Waals surface area contributed by atoms with E-state index in [-0.39, 0.29) is 42.1 Å². The summed E-state index contributed by atoms with van der Waals surface area (Å²) in [5.41, 5.74) is 12.4. The van der Waals surface area contributed by atoms with Gasteiger partial charge in [0.2, 0.25) is 0 Å². The van der Waals surface area contributed by atoms with Crippen LogP contribution in [-0.2, 0) is 53.0 Å². The monoisotopic (exact) mass is 1270 g/mol. The number of anilines is 6. The minimum atomic E-state index is -0.695. The van der Waals surface area contributed by atoms with Gasteiger partial charge in [-0.15, -0.1) is 35.8 Å². The molecule has 4 aliphatic rings. The van der Waals surface area contributed by atoms with Crippen LogP contribution >= 0.6 is 0 Å². The summed E-state index contributed by atoms with van der Waals surface area (Å²) in [6.07, 6.45) is 25.1. The van der Waals surface area contributed by atoms with Gasteiger partial charge in [-0.05, 0) is 60.6 Å². The molecule has 0 unspecified atom stereocenters. The molecule has 2 aliphatic carbocycles. The summed E-state index contributed by atoms with van der Waals surface area (Å²) in [5.74, 6) is 3.13. The average Bonchev–Trinajstić information content (AvgIpc) is 4.28. The van der Waals surface area contributed by atoms with E-state index in [4.69, 9.17) is 0 Å². The van der Waals surface area contributed by atoms with Crippen LogP contribution < -0.4 is 29.8 Å². The van der Waals surface area contributed by atoms with Crippen LogP contribution in [-0.4, -0.2) is 64.2 Å². The Balaban J connectivity index is 0.000000148. The van der Waals surface area contributed by atoms with Crippen LogP contribution in [0.3, 0.4) is 0 Å². The molecular formula is C52H34N16Pt2-6. The van der Waals surface area contributed by atoms with Crippen molar-refractivity contribution >= 4 is 34.6 Å². The van der Waals surface area contributed by atoms with Gasteiger partial charge in [0.15, 0.2) is 0 Å². The summed E-state index contributed by atoms with van der Waals surface area (Å²) in [7, 11) is 3.92. The maximum atomic E-state index is 4.57. The Bertz CT molecular complexity index is 3210. The molecule has 0 N–H and O–H groups in total. The van der Waals surface area contributed by atoms with Gasteiger partial charge >= 0.3 is 0 Å². The van der Waals surface area contributed by atoms with Gasteiger partial charge in [-0.3, -0.25) is 19.9 Å². The molecule has 2 aliphatic heterocycles. The van der Waals surface area contributed by atoms with Crippen LogP contribution in [0, 0.1) is 25.5 Å². The minimum Gasteiger partial charge on any atom is -0.581 e. The van der Waals surface area contributed by atoms with Crippen LogP contribution in [0.25, 0.3) is 22.3 Å². The molecule has 2 aromatic carbocycles. The molecule has 0 saturated carbocycles. The molecule has 0 saturated heterocycles. The number of pyridine rings is 4. The second-order valence-electron chi connectivity index (χ2n) is 16.5. The molecule has 8 aromatic heterocycles. The van der Waals surface area contributed by atoms with Crippen molar-refractivity contribution < 1.29 is 42.1 Å². The second-order valence-corrected chi connectivity index (χ2v) is 16.5. The fourth-order valence-electron chi connectivity index (χ4n) is 10.3. The molecule has 0 spiro atoms. The first-order chi connectivity index (χ1) is 33.6. The molecule has 0 fully saturated rings. The van der Waals surface area contributed by atoms with Crippen molar-refractivity contribution in [3.05, 3.63) is 230 Å². The zero-order chi connectivity index (χ0) is 45.4. The van der Waals surface area contributed by atoms with Gasteiger partial charge in [-0.2, -0.15) is 60.9 Å². The third kappa shape index (κ3) is 6.50. The third-order valence-corrected chi connectivity index (χ3v) is 13.1. The Kier molecular flexibility index (Phi) is 11.2. The Morgan fingerprint density at radius 3 is 1.14 bits per heavy atom. The molecule has 0 amide bonds. The number of nitrogens with zero attached hydrogens (tertiary/aromatic N) is 16. The Morgan fingerprint density at radius 1 is 0.443 bits per heavy atom. The maximum Gasteiger partial charge on any atom is 0.143 e. The molecule has 0 bridgehead atoms. The van der Waals surface area contributed by atoms with Crippen molar-refractivity contribution in [2.24, 2.45) is 0 Å². The molecule has 10 aromatic rings. The van der Waals surface area contributed by atoms with Crippen LogP contribution in [0.15, 0.2) is 160 Å². The van der Waals surface area contributed by atoms with Gasteiger partial charge in [0, 0.05) is 150 Å². The number of fused-ring (bicyclic) bond motifs is 8. The van der Waals surface area contributed by atoms with Crippen molar-refractivity contribution in [1.29, 1.82) is 0 Å². The van der Waals surface area contributed by atoms with E-state index in [2.05, 4.69) is 109 Å². The summed E-state index contributed by atoms with van der Waals surface area (Å²) in [5, 5.41) is 17.5. The number of hydrogen-bond donors (Lipinski definition) is 0. The van der Waals surface area contributed by atoms with E-state index in [0.29, 0.717) is 0 Å². The first-order valence-electron chi connectivity index (χ1n) is 21.7. The molecule has 14 rings (SSSR count). The van der Waals surface area contributed by atoms with E-state index in [1.807, 2.05) is 133 Å². The number of rotatable bonds is 6. The van der Waals surface area contributed by atoms with Gasteiger partial charge in [0.1, 0.15) is 23.3 Å². The molecule has 16 nitrogen and oxygen atoms in total. The maximum absolute atomic E-state index is 4.57. The predicted octanol–water partition coefficient (Wildman–Crippen LogP) is 6.97. The summed E-state index contributed by atoms with van der Waals surface area (Å²) in [4.78, 5) is 43.6. The molecule has 18 heteroatoms. The largest absolute Gasteiger partial charge is 0.581 e. The van der Waals surface area contributed by atoms with E-state index in [1.54, 1.807) is 37.2 Å². The summed E-state index contributed by atoms with van der Waals surface area (Å²) < 4.78 is 0. The molecule has 0 atom stereocenters. The quantitative estimate of drug-likeness (QED) is 0.156. The molecule has 70 heavy (non-hydrogen) atoms. The van der Waals surface area contributed by atoms with Gasteiger partial charge in [-0.25, -0.2) is 19.9 Å². The van der Waals surface area contributed by atoms with Gasteiger partial charge < -0.3 is 40.0 Å². The topological polar surface area (TPSA) is 170 Å². The fraction of sp³-hybridized carbons (Fsp3) is 0.0769. The number of aromatic nitrogens is 12.